The molecule has 5 rings (SSSR count). The SMILES string of the molecule is COCc1nnc2n1[C@@H](C)CN(C(=O)c1cnc3c(c1)ncn3Cc1ccccc1)C2. The van der Waals surface area contributed by atoms with Crippen LogP contribution in [0.5, 0.6) is 0 Å². The number of carbonyl (C=O) groups excluding carboxylic acids is 1. The number of imidazole rings is 1. The Bertz CT molecular complexity index is 1230. The number of aromatic nitrogens is 6. The number of hydrogen-bond acceptors (Lipinski definition) is 6. The van der Waals surface area contributed by atoms with E-state index >= 15 is 0 Å². The van der Waals surface area contributed by atoms with Crippen molar-refractivity contribution in [2.45, 2.75) is 32.7 Å². The molecule has 1 aliphatic heterocycles. The molecule has 0 N–H and O–H groups in total. The average molecular weight is 417 g/mol. The van der Waals surface area contributed by atoms with E-state index < -0.39 is 0 Å². The standard InChI is InChI=1S/C22H23N7O2/c1-15-10-27(12-19-25-26-20(13-31-2)29(15)19)22(30)17-8-18-21(23-9-17)28(14-24-18)11-16-6-4-3-5-7-16/h3-9,14-15H,10-13H2,1-2H3/t15-/m0/s1. The number of nitrogens with zero attached hydrogens (tertiary/aromatic N) is 7. The maximum absolute atomic E-state index is 13.2. The van der Waals surface area contributed by atoms with Crippen LogP contribution in [0.1, 0.15) is 40.5 Å². The molecule has 4 heterocycles. The summed E-state index contributed by atoms with van der Waals surface area (Å²) in [6, 6.07) is 12.0. The van der Waals surface area contributed by atoms with Gasteiger partial charge in [-0.1, -0.05) is 30.3 Å². The van der Waals surface area contributed by atoms with Crippen molar-refractivity contribution >= 4 is 17.1 Å². The molecular formula is C22H23N7O2. The molecule has 0 aliphatic carbocycles. The summed E-state index contributed by atoms with van der Waals surface area (Å²) in [5.41, 5.74) is 3.16. The fourth-order valence-corrected chi connectivity index (χ4v) is 4.14. The second kappa shape index (κ2) is 7.92. The van der Waals surface area contributed by atoms with Gasteiger partial charge in [-0.05, 0) is 18.6 Å². The van der Waals surface area contributed by atoms with Crippen LogP contribution in [-0.2, 0) is 24.4 Å². The van der Waals surface area contributed by atoms with Gasteiger partial charge < -0.3 is 18.8 Å². The summed E-state index contributed by atoms with van der Waals surface area (Å²) in [5.74, 6) is 1.46. The van der Waals surface area contributed by atoms with Crippen molar-refractivity contribution in [3.05, 3.63) is 71.7 Å². The molecule has 158 valence electrons. The molecule has 1 aliphatic rings. The number of ether oxygens (including phenoxy) is 1. The van der Waals surface area contributed by atoms with Crippen LogP contribution in [0.4, 0.5) is 0 Å². The van der Waals surface area contributed by atoms with Crippen molar-refractivity contribution in [2.24, 2.45) is 0 Å². The van der Waals surface area contributed by atoms with Gasteiger partial charge >= 0.3 is 0 Å². The highest BCUT2D eigenvalue weighted by molar-refractivity contribution is 5.96. The third-order valence-corrected chi connectivity index (χ3v) is 5.55. The highest BCUT2D eigenvalue weighted by Gasteiger charge is 2.30. The van der Waals surface area contributed by atoms with E-state index in [9.17, 15) is 4.79 Å². The topological polar surface area (TPSA) is 91.0 Å². The molecule has 0 unspecified atom stereocenters. The van der Waals surface area contributed by atoms with Crippen molar-refractivity contribution in [3.63, 3.8) is 0 Å². The van der Waals surface area contributed by atoms with E-state index in [1.807, 2.05) is 28.8 Å². The van der Waals surface area contributed by atoms with Crippen LogP contribution in [0, 0.1) is 0 Å². The van der Waals surface area contributed by atoms with Gasteiger partial charge in [0.25, 0.3) is 5.91 Å². The van der Waals surface area contributed by atoms with E-state index in [-0.39, 0.29) is 11.9 Å². The number of amides is 1. The number of rotatable bonds is 5. The zero-order valence-electron chi connectivity index (χ0n) is 17.5. The van der Waals surface area contributed by atoms with Crippen molar-refractivity contribution < 1.29 is 9.53 Å². The summed E-state index contributed by atoms with van der Waals surface area (Å²) < 4.78 is 9.25. The van der Waals surface area contributed by atoms with Gasteiger partial charge in [0.1, 0.15) is 12.1 Å². The van der Waals surface area contributed by atoms with Gasteiger partial charge in [0.05, 0.1) is 31.0 Å². The molecule has 9 heteroatoms. The molecule has 9 nitrogen and oxygen atoms in total. The van der Waals surface area contributed by atoms with Crippen LogP contribution in [-0.4, -0.2) is 53.8 Å². The fourth-order valence-electron chi connectivity index (χ4n) is 4.14. The Morgan fingerprint density at radius 3 is 2.84 bits per heavy atom. The fraction of sp³-hybridized carbons (Fsp3) is 0.318. The van der Waals surface area contributed by atoms with Crippen molar-refractivity contribution in [3.8, 4) is 0 Å². The first-order chi connectivity index (χ1) is 15.1. The summed E-state index contributed by atoms with van der Waals surface area (Å²) in [6.45, 7) is 4.11. The van der Waals surface area contributed by atoms with Crippen LogP contribution < -0.4 is 0 Å². The molecule has 3 aromatic heterocycles. The first-order valence-electron chi connectivity index (χ1n) is 10.2. The minimum absolute atomic E-state index is 0.0645. The number of hydrogen-bond donors (Lipinski definition) is 0. The Hall–Kier alpha value is -3.59. The maximum atomic E-state index is 13.2. The average Bonchev–Trinajstić information content (AvgIpc) is 3.38. The minimum atomic E-state index is -0.0820. The van der Waals surface area contributed by atoms with Gasteiger partial charge in [-0.2, -0.15) is 0 Å². The van der Waals surface area contributed by atoms with Gasteiger partial charge in [0.2, 0.25) is 0 Å². The van der Waals surface area contributed by atoms with Gasteiger partial charge in [-0.3, -0.25) is 4.79 Å². The summed E-state index contributed by atoms with van der Waals surface area (Å²) in [6.07, 6.45) is 3.40. The van der Waals surface area contributed by atoms with Crippen molar-refractivity contribution in [1.82, 2.24) is 34.2 Å². The van der Waals surface area contributed by atoms with E-state index in [4.69, 9.17) is 4.74 Å². The minimum Gasteiger partial charge on any atom is -0.377 e. The molecule has 31 heavy (non-hydrogen) atoms. The van der Waals surface area contributed by atoms with Crippen LogP contribution in [0.2, 0.25) is 0 Å². The predicted molar refractivity (Wildman–Crippen MR) is 113 cm³/mol. The molecule has 1 aromatic carbocycles. The van der Waals surface area contributed by atoms with E-state index in [1.165, 1.54) is 5.56 Å². The molecule has 0 radical (unpaired) electrons. The zero-order chi connectivity index (χ0) is 21.4. The third-order valence-electron chi connectivity index (χ3n) is 5.55. The van der Waals surface area contributed by atoms with Crippen LogP contribution in [0.3, 0.4) is 0 Å². The van der Waals surface area contributed by atoms with E-state index in [1.54, 1.807) is 24.5 Å². The molecular weight excluding hydrogens is 394 g/mol. The van der Waals surface area contributed by atoms with Gasteiger partial charge in [0.15, 0.2) is 17.3 Å². The monoisotopic (exact) mass is 417 g/mol. The number of pyridine rings is 1. The number of methoxy groups -OCH3 is 1. The zero-order valence-corrected chi connectivity index (χ0v) is 17.5. The second-order valence-corrected chi connectivity index (χ2v) is 7.79. The predicted octanol–water partition coefficient (Wildman–Crippen LogP) is 2.43. The molecule has 4 aromatic rings. The van der Waals surface area contributed by atoms with Gasteiger partial charge in [-0.15, -0.1) is 10.2 Å². The van der Waals surface area contributed by atoms with E-state index in [0.717, 1.165) is 17.3 Å². The summed E-state index contributed by atoms with van der Waals surface area (Å²) in [5, 5.41) is 8.46. The van der Waals surface area contributed by atoms with Crippen LogP contribution in [0.15, 0.2) is 48.9 Å². The van der Waals surface area contributed by atoms with E-state index in [2.05, 4.69) is 43.8 Å². The lowest BCUT2D eigenvalue weighted by molar-refractivity contribution is 0.0674. The molecule has 0 bridgehead atoms. The van der Waals surface area contributed by atoms with E-state index in [0.29, 0.717) is 37.3 Å². The summed E-state index contributed by atoms with van der Waals surface area (Å²) in [4.78, 5) is 24.0. The molecule has 0 fully saturated rings. The first-order valence-corrected chi connectivity index (χ1v) is 10.2. The number of benzene rings is 1. The Balaban J connectivity index is 1.37. The molecule has 1 atom stereocenters. The smallest absolute Gasteiger partial charge is 0.255 e. The third kappa shape index (κ3) is 3.57. The lowest BCUT2D eigenvalue weighted by atomic mass is 10.1. The van der Waals surface area contributed by atoms with Gasteiger partial charge in [0, 0.05) is 19.9 Å². The maximum Gasteiger partial charge on any atom is 0.255 e. The van der Waals surface area contributed by atoms with Crippen molar-refractivity contribution in [2.75, 3.05) is 13.7 Å². The Morgan fingerprint density at radius 2 is 2.03 bits per heavy atom. The lowest BCUT2D eigenvalue weighted by Crippen LogP contribution is -2.40. The largest absolute Gasteiger partial charge is 0.377 e. The normalized spacial score (nSPS) is 15.9. The highest BCUT2D eigenvalue weighted by atomic mass is 16.5. The van der Waals surface area contributed by atoms with Crippen molar-refractivity contribution in [1.29, 1.82) is 0 Å². The molecule has 0 saturated carbocycles. The lowest BCUT2D eigenvalue weighted by Gasteiger charge is -2.32. The van der Waals surface area contributed by atoms with Crippen LogP contribution in [0.25, 0.3) is 11.2 Å². The molecule has 0 spiro atoms. The summed E-state index contributed by atoms with van der Waals surface area (Å²) >= 11 is 0. The highest BCUT2D eigenvalue weighted by Crippen LogP contribution is 2.24. The quantitative estimate of drug-likeness (QED) is 0.495. The second-order valence-electron chi connectivity index (χ2n) is 7.79. The van der Waals surface area contributed by atoms with Gasteiger partial charge in [-0.25, -0.2) is 9.97 Å². The Kier molecular flexibility index (Phi) is 4.95. The molecule has 1 amide bonds. The Morgan fingerprint density at radius 1 is 1.19 bits per heavy atom. The first kappa shape index (κ1) is 19.4. The molecule has 0 saturated heterocycles. The van der Waals surface area contributed by atoms with Crippen LogP contribution >= 0.6 is 0 Å². The number of fused-ring (bicyclic) bond motifs is 2. The Labute approximate surface area is 179 Å². The summed E-state index contributed by atoms with van der Waals surface area (Å²) in [7, 11) is 1.63. The number of carbonyl (C=O) groups is 1.